The second-order valence-corrected chi connectivity index (χ2v) is 11.8. The van der Waals surface area contributed by atoms with Crippen LogP contribution < -0.4 is 10.6 Å². The molecule has 0 radical (unpaired) electrons. The molecule has 204 valence electrons. The molecule has 3 fully saturated rings. The minimum atomic E-state index is -1.11. The molecule has 8 atom stereocenters. The van der Waals surface area contributed by atoms with Gasteiger partial charge in [-0.15, -0.1) is 0 Å². The average Bonchev–Trinajstić information content (AvgIpc) is 3.35. The van der Waals surface area contributed by atoms with Crippen molar-refractivity contribution in [3.8, 4) is 0 Å². The summed E-state index contributed by atoms with van der Waals surface area (Å²) >= 11 is 0. The molecule has 1 aromatic carbocycles. The number of rotatable bonds is 10. The first kappa shape index (κ1) is 27.6. The first-order chi connectivity index (χ1) is 17.5. The van der Waals surface area contributed by atoms with Gasteiger partial charge in [0.1, 0.15) is 11.6 Å². The molecule has 1 spiro atoms. The molecule has 37 heavy (non-hydrogen) atoms. The van der Waals surface area contributed by atoms with E-state index < -0.39 is 35.1 Å². The number of hydrogen-bond donors (Lipinski definition) is 3. The first-order valence-electron chi connectivity index (χ1n) is 13.8. The summed E-state index contributed by atoms with van der Waals surface area (Å²) in [6.45, 7) is 11.9. The van der Waals surface area contributed by atoms with Crippen LogP contribution in [0.4, 0.5) is 0 Å². The molecule has 4 rings (SSSR count). The lowest BCUT2D eigenvalue weighted by Gasteiger charge is -2.39. The third kappa shape index (κ3) is 4.46. The van der Waals surface area contributed by atoms with E-state index in [2.05, 4.69) is 17.6 Å². The van der Waals surface area contributed by atoms with Gasteiger partial charge in [0.2, 0.25) is 17.7 Å². The Kier molecular flexibility index (Phi) is 7.73. The summed E-state index contributed by atoms with van der Waals surface area (Å²) in [7, 11) is 0. The van der Waals surface area contributed by atoms with Crippen molar-refractivity contribution in [3.05, 3.63) is 35.9 Å². The zero-order valence-electron chi connectivity index (χ0n) is 23.0. The summed E-state index contributed by atoms with van der Waals surface area (Å²) in [5.74, 6) is -2.39. The number of carbonyl (C=O) groups is 3. The summed E-state index contributed by atoms with van der Waals surface area (Å²) in [5.41, 5.74) is -1.01. The summed E-state index contributed by atoms with van der Waals surface area (Å²) < 4.78 is 6.75. The standard InChI is InChI=1S/C29H43N3O5/c1-7-11-19(5)31-26(35)24-29-14-18(4)28(6,37-29)22(25(34)30-15-20-12-9-8-10-13-20)23(29)27(36)32(24)21(16-33)17(2)3/h8-10,12-13,17-19,21-24,33H,7,11,14-16H2,1-6H3,(H,30,34)(H,31,35)/t18?,19?,21-,22-,23-,24?,28+,29?/m0/s1. The molecule has 3 amide bonds. The summed E-state index contributed by atoms with van der Waals surface area (Å²) in [5, 5.41) is 16.5. The van der Waals surface area contributed by atoms with Gasteiger partial charge in [-0.25, -0.2) is 0 Å². The van der Waals surface area contributed by atoms with Gasteiger partial charge in [-0.2, -0.15) is 0 Å². The molecule has 3 aliphatic rings. The van der Waals surface area contributed by atoms with E-state index in [1.54, 1.807) is 4.90 Å². The Morgan fingerprint density at radius 1 is 1.19 bits per heavy atom. The van der Waals surface area contributed by atoms with E-state index in [9.17, 15) is 19.5 Å². The Morgan fingerprint density at radius 3 is 2.46 bits per heavy atom. The molecule has 0 aliphatic carbocycles. The number of benzene rings is 1. The van der Waals surface area contributed by atoms with Gasteiger partial charge in [0.15, 0.2) is 0 Å². The van der Waals surface area contributed by atoms with Crippen LogP contribution >= 0.6 is 0 Å². The Hall–Kier alpha value is -2.45. The topological polar surface area (TPSA) is 108 Å². The maximum absolute atomic E-state index is 14.2. The quantitative estimate of drug-likeness (QED) is 0.446. The van der Waals surface area contributed by atoms with Gasteiger partial charge in [0.25, 0.3) is 0 Å². The Labute approximate surface area is 220 Å². The molecule has 8 nitrogen and oxygen atoms in total. The van der Waals surface area contributed by atoms with Crippen molar-refractivity contribution in [1.29, 1.82) is 0 Å². The van der Waals surface area contributed by atoms with Gasteiger partial charge in [-0.3, -0.25) is 14.4 Å². The molecule has 3 saturated heterocycles. The molecule has 3 N–H and O–H groups in total. The van der Waals surface area contributed by atoms with Crippen LogP contribution in [0, 0.1) is 23.7 Å². The summed E-state index contributed by atoms with van der Waals surface area (Å²) in [4.78, 5) is 43.4. The highest BCUT2D eigenvalue weighted by Crippen LogP contribution is 2.65. The average molecular weight is 514 g/mol. The summed E-state index contributed by atoms with van der Waals surface area (Å²) in [6.07, 6.45) is 2.24. The molecule has 1 aromatic rings. The van der Waals surface area contributed by atoms with Gasteiger partial charge in [0, 0.05) is 12.6 Å². The highest BCUT2D eigenvalue weighted by Gasteiger charge is 2.80. The van der Waals surface area contributed by atoms with E-state index >= 15 is 0 Å². The molecule has 4 unspecified atom stereocenters. The first-order valence-corrected chi connectivity index (χ1v) is 13.8. The van der Waals surface area contributed by atoms with Crippen LogP contribution in [0.3, 0.4) is 0 Å². The Bertz CT molecular complexity index is 1020. The third-order valence-electron chi connectivity index (χ3n) is 9.02. The van der Waals surface area contributed by atoms with Gasteiger partial charge in [-0.05, 0) is 44.1 Å². The lowest BCUT2D eigenvalue weighted by atomic mass is 9.62. The number of nitrogens with zero attached hydrogens (tertiary/aromatic N) is 1. The van der Waals surface area contributed by atoms with Crippen LogP contribution in [-0.2, 0) is 25.7 Å². The molecular weight excluding hydrogens is 470 g/mol. The fourth-order valence-corrected chi connectivity index (χ4v) is 7.08. The second-order valence-electron chi connectivity index (χ2n) is 11.8. The highest BCUT2D eigenvalue weighted by molar-refractivity contribution is 5.99. The number of nitrogens with one attached hydrogen (secondary N) is 2. The van der Waals surface area contributed by atoms with Crippen molar-refractivity contribution >= 4 is 17.7 Å². The zero-order chi connectivity index (χ0) is 27.1. The molecule has 2 bridgehead atoms. The van der Waals surface area contributed by atoms with E-state index in [4.69, 9.17) is 4.74 Å². The summed E-state index contributed by atoms with van der Waals surface area (Å²) in [6, 6.07) is 8.13. The molecule has 0 saturated carbocycles. The Balaban J connectivity index is 1.72. The van der Waals surface area contributed by atoms with Crippen molar-refractivity contribution in [3.63, 3.8) is 0 Å². The number of fused-ring (bicyclic) bond motifs is 1. The second kappa shape index (κ2) is 10.4. The molecule has 0 aromatic heterocycles. The lowest BCUT2D eigenvalue weighted by Crippen LogP contribution is -2.60. The zero-order valence-corrected chi connectivity index (χ0v) is 23.0. The SMILES string of the molecule is CCCC(C)NC(=O)C1N([C@@H](CO)C(C)C)C(=O)[C@@H]2[C@@H](C(=O)NCc3ccccc3)[C@]3(C)OC12CC3C. The number of likely N-dealkylation sites (tertiary alicyclic amines) is 1. The Morgan fingerprint density at radius 2 is 1.86 bits per heavy atom. The number of carbonyl (C=O) groups excluding carboxylic acids is 3. The van der Waals surface area contributed by atoms with Gasteiger partial charge < -0.3 is 25.4 Å². The van der Waals surface area contributed by atoms with Crippen LogP contribution in [0.25, 0.3) is 0 Å². The fraction of sp³-hybridized carbons (Fsp3) is 0.690. The highest BCUT2D eigenvalue weighted by atomic mass is 16.5. The third-order valence-corrected chi connectivity index (χ3v) is 9.02. The molecule has 8 heteroatoms. The minimum absolute atomic E-state index is 0.0287. The van der Waals surface area contributed by atoms with E-state index in [-0.39, 0.29) is 42.2 Å². The normalized spacial score (nSPS) is 33.9. The molecule has 3 aliphatic heterocycles. The lowest BCUT2D eigenvalue weighted by molar-refractivity contribution is -0.152. The predicted octanol–water partition coefficient (Wildman–Crippen LogP) is 2.64. The number of hydrogen-bond acceptors (Lipinski definition) is 5. The number of amides is 3. The van der Waals surface area contributed by atoms with Crippen LogP contribution in [0.2, 0.25) is 0 Å². The van der Waals surface area contributed by atoms with E-state index in [1.165, 1.54) is 0 Å². The van der Waals surface area contributed by atoms with Crippen molar-refractivity contribution < 1.29 is 24.2 Å². The van der Waals surface area contributed by atoms with Crippen molar-refractivity contribution in [2.45, 2.75) is 96.7 Å². The van der Waals surface area contributed by atoms with E-state index in [0.717, 1.165) is 18.4 Å². The van der Waals surface area contributed by atoms with Crippen LogP contribution in [-0.4, -0.2) is 63.7 Å². The largest absolute Gasteiger partial charge is 0.394 e. The molecular formula is C29H43N3O5. The number of aliphatic hydroxyl groups is 1. The van der Waals surface area contributed by atoms with Crippen molar-refractivity contribution in [1.82, 2.24) is 15.5 Å². The van der Waals surface area contributed by atoms with Crippen molar-refractivity contribution in [2.75, 3.05) is 6.61 Å². The van der Waals surface area contributed by atoms with Crippen molar-refractivity contribution in [2.24, 2.45) is 23.7 Å². The smallest absolute Gasteiger partial charge is 0.246 e. The van der Waals surface area contributed by atoms with Crippen LogP contribution in [0.1, 0.15) is 66.4 Å². The number of aliphatic hydroxyl groups excluding tert-OH is 1. The van der Waals surface area contributed by atoms with Crippen LogP contribution in [0.5, 0.6) is 0 Å². The minimum Gasteiger partial charge on any atom is -0.394 e. The van der Waals surface area contributed by atoms with Gasteiger partial charge in [-0.1, -0.05) is 64.4 Å². The van der Waals surface area contributed by atoms with Gasteiger partial charge >= 0.3 is 0 Å². The van der Waals surface area contributed by atoms with E-state index in [1.807, 2.05) is 65.0 Å². The maximum atomic E-state index is 14.2. The molecule has 3 heterocycles. The number of ether oxygens (including phenoxy) is 1. The van der Waals surface area contributed by atoms with Gasteiger partial charge in [0.05, 0.1) is 30.1 Å². The predicted molar refractivity (Wildman–Crippen MR) is 140 cm³/mol. The van der Waals surface area contributed by atoms with Crippen LogP contribution in [0.15, 0.2) is 30.3 Å². The monoisotopic (exact) mass is 513 g/mol. The maximum Gasteiger partial charge on any atom is 0.246 e. The fourth-order valence-electron chi connectivity index (χ4n) is 7.08. The van der Waals surface area contributed by atoms with E-state index in [0.29, 0.717) is 13.0 Å².